The van der Waals surface area contributed by atoms with Crippen molar-refractivity contribution in [1.29, 1.82) is 0 Å². The molecule has 0 saturated carbocycles. The lowest BCUT2D eigenvalue weighted by atomic mass is 9.69. The topological polar surface area (TPSA) is 74.6 Å². The minimum Gasteiger partial charge on any atom is -0.481 e. The van der Waals surface area contributed by atoms with Crippen LogP contribution in [0, 0.1) is 11.2 Å². The van der Waals surface area contributed by atoms with Gasteiger partial charge in [0.15, 0.2) is 0 Å². The van der Waals surface area contributed by atoms with Gasteiger partial charge in [0, 0.05) is 0 Å². The lowest BCUT2D eigenvalue weighted by Gasteiger charge is -2.38. The molecule has 1 aromatic rings. The van der Waals surface area contributed by atoms with Crippen LogP contribution in [-0.4, -0.2) is 25.6 Å². The zero-order chi connectivity index (χ0) is 17.3. The number of carboxylic acid groups (broad SMARTS) is 2. The van der Waals surface area contributed by atoms with E-state index >= 15 is 0 Å². The third kappa shape index (κ3) is 3.91. The molecule has 1 aliphatic carbocycles. The molecule has 0 spiro atoms. The first-order valence-corrected chi connectivity index (χ1v) is 8.33. The van der Waals surface area contributed by atoms with Gasteiger partial charge in [-0.25, -0.2) is 4.39 Å². The summed E-state index contributed by atoms with van der Waals surface area (Å²) in [5, 5.41) is 19.2. The molecular formula is C17H18FIO4. The van der Waals surface area contributed by atoms with Crippen LogP contribution in [0.1, 0.15) is 31.7 Å². The highest BCUT2D eigenvalue weighted by atomic mass is 127. The molecule has 2 unspecified atom stereocenters. The molecule has 1 aliphatic rings. The summed E-state index contributed by atoms with van der Waals surface area (Å²) in [7, 11) is 0. The molecule has 0 aliphatic heterocycles. The fraction of sp³-hybridized carbons (Fsp3) is 0.412. The van der Waals surface area contributed by atoms with Crippen LogP contribution in [0.4, 0.5) is 4.39 Å². The van der Waals surface area contributed by atoms with Crippen LogP contribution in [0.15, 0.2) is 35.9 Å². The SMILES string of the molecule is CC1=CC(CCc2ccc(F)cc2)(C(=O)O)CC(I)(C(=O)O)C1. The molecule has 0 heterocycles. The molecule has 0 aromatic heterocycles. The number of carbonyl (C=O) groups is 2. The van der Waals surface area contributed by atoms with Gasteiger partial charge in [-0.05, 0) is 50.3 Å². The summed E-state index contributed by atoms with van der Waals surface area (Å²) in [6.07, 6.45) is 2.81. The Morgan fingerprint density at radius 1 is 1.22 bits per heavy atom. The van der Waals surface area contributed by atoms with Gasteiger partial charge in [-0.15, -0.1) is 0 Å². The Morgan fingerprint density at radius 2 is 1.83 bits per heavy atom. The Bertz CT molecular complexity index is 655. The minimum absolute atomic E-state index is 0.0454. The molecular weight excluding hydrogens is 414 g/mol. The molecule has 0 amide bonds. The maximum atomic E-state index is 13.0. The normalized spacial score (nSPS) is 27.3. The van der Waals surface area contributed by atoms with E-state index < -0.39 is 20.8 Å². The zero-order valence-electron chi connectivity index (χ0n) is 12.7. The van der Waals surface area contributed by atoms with Gasteiger partial charge >= 0.3 is 11.9 Å². The first-order valence-electron chi connectivity index (χ1n) is 7.25. The molecule has 0 bridgehead atoms. The molecule has 2 N–H and O–H groups in total. The van der Waals surface area contributed by atoms with Crippen molar-refractivity contribution in [2.75, 3.05) is 0 Å². The van der Waals surface area contributed by atoms with Crippen LogP contribution in [0.3, 0.4) is 0 Å². The average molecular weight is 432 g/mol. The molecule has 124 valence electrons. The summed E-state index contributed by atoms with van der Waals surface area (Å²) in [4.78, 5) is 23.5. The van der Waals surface area contributed by atoms with Crippen molar-refractivity contribution >= 4 is 34.5 Å². The van der Waals surface area contributed by atoms with Crippen LogP contribution in [-0.2, 0) is 16.0 Å². The number of alkyl halides is 1. The van der Waals surface area contributed by atoms with Crippen LogP contribution < -0.4 is 0 Å². The number of carboxylic acids is 2. The highest BCUT2D eigenvalue weighted by Crippen LogP contribution is 2.47. The maximum absolute atomic E-state index is 13.0. The van der Waals surface area contributed by atoms with Gasteiger partial charge in [-0.1, -0.05) is 46.4 Å². The predicted molar refractivity (Wildman–Crippen MR) is 92.2 cm³/mol. The molecule has 2 atom stereocenters. The summed E-state index contributed by atoms with van der Waals surface area (Å²) in [5.74, 6) is -2.34. The third-order valence-electron chi connectivity index (χ3n) is 4.26. The van der Waals surface area contributed by atoms with E-state index in [4.69, 9.17) is 0 Å². The lowest BCUT2D eigenvalue weighted by Crippen LogP contribution is -2.45. The summed E-state index contributed by atoms with van der Waals surface area (Å²) >= 11 is 1.86. The van der Waals surface area contributed by atoms with Crippen LogP contribution in [0.25, 0.3) is 0 Å². The average Bonchev–Trinajstić information content (AvgIpc) is 2.45. The molecule has 0 saturated heterocycles. The summed E-state index contributed by atoms with van der Waals surface area (Å²) in [6, 6.07) is 5.92. The Kier molecular flexibility index (Phi) is 5.13. The molecule has 1 aromatic carbocycles. The Labute approximate surface area is 147 Å². The van der Waals surface area contributed by atoms with Crippen molar-refractivity contribution in [2.24, 2.45) is 5.41 Å². The number of aryl methyl sites for hydroxylation is 1. The largest absolute Gasteiger partial charge is 0.481 e. The molecule has 4 nitrogen and oxygen atoms in total. The molecule has 0 fully saturated rings. The number of rotatable bonds is 5. The van der Waals surface area contributed by atoms with Crippen LogP contribution >= 0.6 is 22.6 Å². The Balaban J connectivity index is 2.28. The van der Waals surface area contributed by atoms with Crippen molar-refractivity contribution in [2.45, 2.75) is 36.0 Å². The smallest absolute Gasteiger partial charge is 0.319 e. The number of halogens is 2. The maximum Gasteiger partial charge on any atom is 0.319 e. The van der Waals surface area contributed by atoms with E-state index in [0.29, 0.717) is 12.8 Å². The van der Waals surface area contributed by atoms with Gasteiger partial charge in [-0.2, -0.15) is 0 Å². The monoisotopic (exact) mass is 432 g/mol. The van der Waals surface area contributed by atoms with Gasteiger partial charge < -0.3 is 10.2 Å². The van der Waals surface area contributed by atoms with Crippen molar-refractivity contribution in [1.82, 2.24) is 0 Å². The van der Waals surface area contributed by atoms with Gasteiger partial charge in [0.2, 0.25) is 0 Å². The molecule has 6 heteroatoms. The van der Waals surface area contributed by atoms with Crippen molar-refractivity contribution in [3.63, 3.8) is 0 Å². The van der Waals surface area contributed by atoms with Crippen molar-refractivity contribution in [3.8, 4) is 0 Å². The quantitative estimate of drug-likeness (QED) is 0.422. The first kappa shape index (κ1) is 17.9. The van der Waals surface area contributed by atoms with E-state index in [1.165, 1.54) is 12.1 Å². The fourth-order valence-electron chi connectivity index (χ4n) is 3.15. The lowest BCUT2D eigenvalue weighted by molar-refractivity contribution is -0.149. The molecule has 2 rings (SSSR count). The van der Waals surface area contributed by atoms with Gasteiger partial charge in [0.05, 0.1) is 5.41 Å². The standard InChI is InChI=1S/C17H18FIO4/c1-11-8-16(14(20)21,10-17(19,9-11)15(22)23)7-6-12-2-4-13(18)5-3-12/h2-5,8H,6-7,9-10H2,1H3,(H,20,21)(H,22,23). The molecule has 23 heavy (non-hydrogen) atoms. The van der Waals surface area contributed by atoms with E-state index in [1.54, 1.807) is 25.1 Å². The summed E-state index contributed by atoms with van der Waals surface area (Å²) in [5.41, 5.74) is 0.392. The second kappa shape index (κ2) is 6.59. The van der Waals surface area contributed by atoms with E-state index in [9.17, 15) is 24.2 Å². The summed E-state index contributed by atoms with van der Waals surface area (Å²) < 4.78 is 11.8. The molecule has 0 radical (unpaired) electrons. The van der Waals surface area contributed by atoms with Gasteiger partial charge in [0.25, 0.3) is 0 Å². The van der Waals surface area contributed by atoms with E-state index in [2.05, 4.69) is 0 Å². The van der Waals surface area contributed by atoms with Crippen molar-refractivity contribution in [3.05, 3.63) is 47.3 Å². The first-order chi connectivity index (χ1) is 10.7. The zero-order valence-corrected chi connectivity index (χ0v) is 14.8. The second-order valence-electron chi connectivity index (χ2n) is 6.20. The number of aliphatic carboxylic acids is 2. The predicted octanol–water partition coefficient (Wildman–Crippen LogP) is 3.83. The third-order valence-corrected chi connectivity index (χ3v) is 5.48. The fourth-order valence-corrected chi connectivity index (χ4v) is 4.43. The Hall–Kier alpha value is -1.44. The Morgan fingerprint density at radius 3 is 2.35 bits per heavy atom. The number of benzene rings is 1. The second-order valence-corrected chi connectivity index (χ2v) is 8.27. The highest BCUT2D eigenvalue weighted by Gasteiger charge is 2.50. The van der Waals surface area contributed by atoms with E-state index in [1.807, 2.05) is 22.6 Å². The number of allylic oxidation sites excluding steroid dienone is 1. The minimum atomic E-state index is -1.21. The van der Waals surface area contributed by atoms with Crippen molar-refractivity contribution < 1.29 is 24.2 Å². The summed E-state index contributed by atoms with van der Waals surface area (Å²) in [6.45, 7) is 1.77. The van der Waals surface area contributed by atoms with E-state index in [-0.39, 0.29) is 18.7 Å². The number of hydrogen-bond donors (Lipinski definition) is 2. The van der Waals surface area contributed by atoms with Crippen LogP contribution in [0.5, 0.6) is 0 Å². The van der Waals surface area contributed by atoms with Gasteiger partial charge in [0.1, 0.15) is 9.24 Å². The van der Waals surface area contributed by atoms with E-state index in [0.717, 1.165) is 11.1 Å². The highest BCUT2D eigenvalue weighted by molar-refractivity contribution is 14.1. The number of hydrogen-bond acceptors (Lipinski definition) is 2. The van der Waals surface area contributed by atoms with Crippen LogP contribution in [0.2, 0.25) is 0 Å². The van der Waals surface area contributed by atoms with Gasteiger partial charge in [-0.3, -0.25) is 9.59 Å².